The Labute approximate surface area is 213 Å². The zero-order chi connectivity index (χ0) is 25.2. The maximum atomic E-state index is 13.5. The van der Waals surface area contributed by atoms with E-state index in [1.807, 2.05) is 34.9 Å². The number of rotatable bonds is 6. The highest BCUT2D eigenvalue weighted by atomic mass is 35.5. The summed E-state index contributed by atoms with van der Waals surface area (Å²) >= 11 is 6.03. The predicted octanol–water partition coefficient (Wildman–Crippen LogP) is 4.54. The van der Waals surface area contributed by atoms with Gasteiger partial charge in [0.1, 0.15) is 0 Å². The highest BCUT2D eigenvalue weighted by Gasteiger charge is 2.25. The molecular formula is C27H28ClN5O3. The molecule has 36 heavy (non-hydrogen) atoms. The second-order valence-electron chi connectivity index (χ2n) is 9.25. The summed E-state index contributed by atoms with van der Waals surface area (Å²) in [6, 6.07) is 13.2. The number of ether oxygens (including phenoxy) is 1. The molecule has 0 unspecified atom stereocenters. The van der Waals surface area contributed by atoms with Crippen molar-refractivity contribution in [3.63, 3.8) is 0 Å². The summed E-state index contributed by atoms with van der Waals surface area (Å²) in [5.74, 6) is 0.707. The summed E-state index contributed by atoms with van der Waals surface area (Å²) in [5, 5.41) is 3.58. The van der Waals surface area contributed by atoms with Gasteiger partial charge in [-0.2, -0.15) is 0 Å². The van der Waals surface area contributed by atoms with Gasteiger partial charge in [-0.15, -0.1) is 0 Å². The van der Waals surface area contributed by atoms with Gasteiger partial charge in [-0.1, -0.05) is 23.7 Å². The largest absolute Gasteiger partial charge is 0.481 e. The van der Waals surface area contributed by atoms with Crippen molar-refractivity contribution in [2.75, 3.05) is 7.11 Å². The van der Waals surface area contributed by atoms with E-state index in [4.69, 9.17) is 16.3 Å². The van der Waals surface area contributed by atoms with Crippen molar-refractivity contribution in [1.82, 2.24) is 24.4 Å². The van der Waals surface area contributed by atoms with Gasteiger partial charge in [0.05, 0.1) is 46.3 Å². The first-order valence-electron chi connectivity index (χ1n) is 12.1. The lowest BCUT2D eigenvalue weighted by Gasteiger charge is -2.29. The topological polar surface area (TPSA) is 91.0 Å². The predicted molar refractivity (Wildman–Crippen MR) is 139 cm³/mol. The standard InChI is InChI=1S/C27H28ClN5O3/c1-17-22(13-19(28)14-29-17)26(34)31-20-9-7-18(8-10-20)16-32-23-5-3-4-6-24(23)33(27(32)35)21-11-12-25(36-2)30-15-21/h3-6,11-15,18,20H,7-10,16H2,1-2H3,(H,31,34). The fourth-order valence-electron chi connectivity index (χ4n) is 5.01. The molecule has 1 amide bonds. The van der Waals surface area contributed by atoms with Crippen LogP contribution in [0.1, 0.15) is 41.7 Å². The van der Waals surface area contributed by atoms with Crippen LogP contribution in [-0.4, -0.2) is 38.2 Å². The summed E-state index contributed by atoms with van der Waals surface area (Å²) < 4.78 is 8.73. The molecule has 3 aromatic heterocycles. The van der Waals surface area contributed by atoms with Gasteiger partial charge in [-0.05, 0) is 62.8 Å². The summed E-state index contributed by atoms with van der Waals surface area (Å²) in [7, 11) is 1.57. The van der Waals surface area contributed by atoms with Crippen LogP contribution in [0, 0.1) is 12.8 Å². The lowest BCUT2D eigenvalue weighted by molar-refractivity contribution is 0.0919. The molecule has 0 bridgehead atoms. The number of methoxy groups -OCH3 is 1. The van der Waals surface area contributed by atoms with Crippen molar-refractivity contribution in [2.45, 2.75) is 45.2 Å². The van der Waals surface area contributed by atoms with E-state index in [0.29, 0.717) is 40.3 Å². The van der Waals surface area contributed by atoms with E-state index in [-0.39, 0.29) is 17.6 Å². The van der Waals surface area contributed by atoms with Crippen molar-refractivity contribution in [3.05, 3.63) is 81.6 Å². The quantitative estimate of drug-likeness (QED) is 0.415. The molecule has 3 heterocycles. The molecule has 186 valence electrons. The van der Waals surface area contributed by atoms with Crippen LogP contribution in [0.15, 0.2) is 59.7 Å². The third-order valence-corrected chi connectivity index (χ3v) is 7.15. The minimum Gasteiger partial charge on any atom is -0.481 e. The number of imidazole rings is 1. The molecule has 1 fully saturated rings. The smallest absolute Gasteiger partial charge is 0.333 e. The zero-order valence-electron chi connectivity index (χ0n) is 20.3. The Hall–Kier alpha value is -3.65. The Bertz CT molecular complexity index is 1450. The number of hydrogen-bond donors (Lipinski definition) is 1. The number of aromatic nitrogens is 4. The van der Waals surface area contributed by atoms with Crippen molar-refractivity contribution in [1.29, 1.82) is 0 Å². The molecule has 0 aliphatic heterocycles. The van der Waals surface area contributed by atoms with E-state index in [0.717, 1.165) is 36.7 Å². The number of carbonyl (C=O) groups excluding carboxylic acids is 1. The lowest BCUT2D eigenvalue weighted by atomic mass is 9.85. The van der Waals surface area contributed by atoms with Gasteiger partial charge in [0, 0.05) is 24.8 Å². The highest BCUT2D eigenvalue weighted by molar-refractivity contribution is 6.30. The van der Waals surface area contributed by atoms with E-state index in [1.165, 1.54) is 0 Å². The highest BCUT2D eigenvalue weighted by Crippen LogP contribution is 2.28. The molecule has 8 nitrogen and oxygen atoms in total. The van der Waals surface area contributed by atoms with E-state index in [1.54, 1.807) is 43.1 Å². The summed E-state index contributed by atoms with van der Waals surface area (Å²) in [5.41, 5.74) is 3.54. The number of carbonyl (C=O) groups is 1. The normalized spacial score (nSPS) is 17.8. The Morgan fingerprint density at radius 1 is 1.08 bits per heavy atom. The van der Waals surface area contributed by atoms with Gasteiger partial charge in [0.15, 0.2) is 0 Å². The number of halogens is 1. The molecule has 0 atom stereocenters. The Kier molecular flexibility index (Phi) is 6.78. The number of para-hydroxylation sites is 2. The van der Waals surface area contributed by atoms with E-state index < -0.39 is 0 Å². The van der Waals surface area contributed by atoms with E-state index >= 15 is 0 Å². The Morgan fingerprint density at radius 2 is 1.83 bits per heavy atom. The number of benzene rings is 1. The number of amides is 1. The summed E-state index contributed by atoms with van der Waals surface area (Å²) in [6.07, 6.45) is 6.77. The molecule has 1 aliphatic rings. The van der Waals surface area contributed by atoms with Crippen molar-refractivity contribution < 1.29 is 9.53 Å². The van der Waals surface area contributed by atoms with E-state index in [2.05, 4.69) is 15.3 Å². The molecule has 1 aromatic carbocycles. The fourth-order valence-corrected chi connectivity index (χ4v) is 5.17. The van der Waals surface area contributed by atoms with Gasteiger partial charge in [0.2, 0.25) is 5.88 Å². The second kappa shape index (κ2) is 10.1. The van der Waals surface area contributed by atoms with Gasteiger partial charge in [-0.3, -0.25) is 18.9 Å². The Morgan fingerprint density at radius 3 is 2.53 bits per heavy atom. The molecular weight excluding hydrogens is 478 g/mol. The van der Waals surface area contributed by atoms with Crippen molar-refractivity contribution >= 4 is 28.5 Å². The molecule has 1 saturated carbocycles. The van der Waals surface area contributed by atoms with Crippen LogP contribution in [0.5, 0.6) is 5.88 Å². The van der Waals surface area contributed by atoms with Crippen LogP contribution in [0.4, 0.5) is 0 Å². The lowest BCUT2D eigenvalue weighted by Crippen LogP contribution is -2.39. The SMILES string of the molecule is COc1ccc(-n2c(=O)n(CC3CCC(NC(=O)c4cc(Cl)cnc4C)CC3)c3ccccc32)cn1. The van der Waals surface area contributed by atoms with Crippen molar-refractivity contribution in [3.8, 4) is 11.6 Å². The molecule has 4 aromatic rings. The average Bonchev–Trinajstić information content (AvgIpc) is 3.17. The van der Waals surface area contributed by atoms with Gasteiger partial charge >= 0.3 is 5.69 Å². The van der Waals surface area contributed by atoms with Crippen LogP contribution in [0.3, 0.4) is 0 Å². The van der Waals surface area contributed by atoms with Crippen LogP contribution in [0.2, 0.25) is 5.02 Å². The molecule has 0 spiro atoms. The number of aryl methyl sites for hydroxylation is 1. The number of pyridine rings is 2. The molecule has 1 N–H and O–H groups in total. The maximum Gasteiger partial charge on any atom is 0.333 e. The van der Waals surface area contributed by atoms with Gasteiger partial charge in [-0.25, -0.2) is 9.78 Å². The van der Waals surface area contributed by atoms with Crippen LogP contribution < -0.4 is 15.7 Å². The zero-order valence-corrected chi connectivity index (χ0v) is 21.0. The first kappa shape index (κ1) is 24.1. The molecule has 0 saturated heterocycles. The molecule has 9 heteroatoms. The second-order valence-corrected chi connectivity index (χ2v) is 9.69. The summed E-state index contributed by atoms with van der Waals surface area (Å²) in [6.45, 7) is 2.44. The van der Waals surface area contributed by atoms with Crippen LogP contribution in [0.25, 0.3) is 16.7 Å². The summed E-state index contributed by atoms with van der Waals surface area (Å²) in [4.78, 5) is 34.7. The number of hydrogen-bond acceptors (Lipinski definition) is 5. The van der Waals surface area contributed by atoms with Gasteiger partial charge < -0.3 is 10.1 Å². The average molecular weight is 506 g/mol. The number of nitrogens with one attached hydrogen (secondary N) is 1. The fraction of sp³-hybridized carbons (Fsp3) is 0.333. The Balaban J connectivity index is 1.30. The van der Waals surface area contributed by atoms with E-state index in [9.17, 15) is 9.59 Å². The van der Waals surface area contributed by atoms with Crippen LogP contribution >= 0.6 is 11.6 Å². The third-order valence-electron chi connectivity index (χ3n) is 6.94. The first-order chi connectivity index (χ1) is 17.4. The number of fused-ring (bicyclic) bond motifs is 1. The number of nitrogens with zero attached hydrogens (tertiary/aromatic N) is 4. The first-order valence-corrected chi connectivity index (χ1v) is 12.5. The van der Waals surface area contributed by atoms with Gasteiger partial charge in [0.25, 0.3) is 5.91 Å². The maximum absolute atomic E-state index is 13.5. The third kappa shape index (κ3) is 4.73. The molecule has 0 radical (unpaired) electrons. The monoisotopic (exact) mass is 505 g/mol. The molecule has 5 rings (SSSR count). The van der Waals surface area contributed by atoms with Crippen molar-refractivity contribution in [2.24, 2.45) is 5.92 Å². The minimum absolute atomic E-state index is 0.0810. The molecule has 1 aliphatic carbocycles. The van der Waals surface area contributed by atoms with Crippen LogP contribution in [-0.2, 0) is 6.54 Å². The minimum atomic E-state index is -0.140.